The van der Waals surface area contributed by atoms with Gasteiger partial charge in [-0.3, -0.25) is 13.9 Å². The van der Waals surface area contributed by atoms with Crippen LogP contribution in [0.5, 0.6) is 5.75 Å². The molecular weight excluding hydrogens is 606 g/mol. The number of carbonyl (C=O) groups excluding carboxylic acids is 2. The van der Waals surface area contributed by atoms with Crippen LogP contribution >= 0.6 is 15.9 Å². The molecule has 0 fully saturated rings. The molecule has 41 heavy (non-hydrogen) atoms. The first kappa shape index (κ1) is 32.1. The summed E-state index contributed by atoms with van der Waals surface area (Å²) in [5.41, 5.74) is 2.01. The quantitative estimate of drug-likeness (QED) is 0.258. The number of sulfonamides is 1. The Balaban J connectivity index is 2.03. The molecule has 1 N–H and O–H groups in total. The number of nitrogens with one attached hydrogen (secondary N) is 1. The van der Waals surface area contributed by atoms with Gasteiger partial charge in [-0.05, 0) is 88.2 Å². The SMILES string of the molecule is CCOc1ccc(N(CC(=O)N(Cc2cccc(Br)c2)[C@H](C)C(=O)N[C@@H](C)CC)S(=O)(=O)c2ccc(C)cc2)cc1. The maximum absolute atomic E-state index is 14.0. The number of halogens is 1. The second kappa shape index (κ2) is 14.5. The molecule has 0 aliphatic rings. The third-order valence-electron chi connectivity index (χ3n) is 6.73. The van der Waals surface area contributed by atoms with E-state index in [1.165, 1.54) is 17.0 Å². The highest BCUT2D eigenvalue weighted by atomic mass is 79.9. The van der Waals surface area contributed by atoms with E-state index in [0.29, 0.717) is 18.0 Å². The molecule has 0 bridgehead atoms. The summed E-state index contributed by atoms with van der Waals surface area (Å²) >= 11 is 3.46. The van der Waals surface area contributed by atoms with Crippen LogP contribution in [0.3, 0.4) is 0 Å². The standard InChI is InChI=1S/C31H38BrN3O5S/c1-6-23(4)33-31(37)24(5)34(20-25-9-8-10-26(32)19-25)30(36)21-35(27-13-15-28(16-14-27)40-7-2)41(38,39)29-17-11-22(3)12-18-29/h8-19,23-24H,6-7,20-21H2,1-5H3,(H,33,37)/t23-,24+/m0/s1. The number of hydrogen-bond acceptors (Lipinski definition) is 5. The first-order valence-electron chi connectivity index (χ1n) is 13.6. The van der Waals surface area contributed by atoms with Crippen molar-refractivity contribution in [3.63, 3.8) is 0 Å². The Morgan fingerprint density at radius 3 is 2.22 bits per heavy atom. The average molecular weight is 645 g/mol. The topological polar surface area (TPSA) is 96.0 Å². The van der Waals surface area contributed by atoms with Gasteiger partial charge in [0.15, 0.2) is 0 Å². The molecule has 8 nitrogen and oxygen atoms in total. The Kier molecular flexibility index (Phi) is 11.4. The first-order valence-corrected chi connectivity index (χ1v) is 15.9. The molecule has 0 heterocycles. The summed E-state index contributed by atoms with van der Waals surface area (Å²) in [7, 11) is -4.14. The van der Waals surface area contributed by atoms with E-state index in [9.17, 15) is 18.0 Å². The predicted octanol–water partition coefficient (Wildman–Crippen LogP) is 5.68. The van der Waals surface area contributed by atoms with Crippen LogP contribution in [0.4, 0.5) is 5.69 Å². The lowest BCUT2D eigenvalue weighted by atomic mass is 10.1. The molecule has 0 unspecified atom stereocenters. The molecule has 2 amide bonds. The fourth-order valence-corrected chi connectivity index (χ4v) is 5.98. The van der Waals surface area contributed by atoms with Gasteiger partial charge >= 0.3 is 0 Å². The van der Waals surface area contributed by atoms with E-state index in [2.05, 4.69) is 21.2 Å². The zero-order chi connectivity index (χ0) is 30.2. The van der Waals surface area contributed by atoms with Crippen molar-refractivity contribution < 1.29 is 22.7 Å². The second-order valence-corrected chi connectivity index (χ2v) is 12.7. The van der Waals surface area contributed by atoms with Crippen molar-refractivity contribution in [1.29, 1.82) is 0 Å². The van der Waals surface area contributed by atoms with Gasteiger partial charge in [-0.2, -0.15) is 0 Å². The molecule has 0 aromatic heterocycles. The van der Waals surface area contributed by atoms with E-state index < -0.39 is 28.5 Å². The number of ether oxygens (including phenoxy) is 1. The van der Waals surface area contributed by atoms with Gasteiger partial charge in [0, 0.05) is 17.1 Å². The molecule has 0 spiro atoms. The number of anilines is 1. The molecule has 0 aliphatic heterocycles. The van der Waals surface area contributed by atoms with Crippen LogP contribution in [0, 0.1) is 6.92 Å². The molecule has 0 saturated heterocycles. The van der Waals surface area contributed by atoms with Crippen molar-refractivity contribution >= 4 is 43.5 Å². The van der Waals surface area contributed by atoms with E-state index in [0.717, 1.165) is 26.3 Å². The summed E-state index contributed by atoms with van der Waals surface area (Å²) in [6, 6.07) is 19.6. The molecule has 2 atom stereocenters. The third kappa shape index (κ3) is 8.56. The minimum absolute atomic E-state index is 0.0610. The molecule has 220 valence electrons. The highest BCUT2D eigenvalue weighted by Gasteiger charge is 2.32. The highest BCUT2D eigenvalue weighted by molar-refractivity contribution is 9.10. The Labute approximate surface area is 251 Å². The molecule has 3 aromatic rings. The van der Waals surface area contributed by atoms with Crippen molar-refractivity contribution in [2.75, 3.05) is 17.5 Å². The molecule has 0 aliphatic carbocycles. The van der Waals surface area contributed by atoms with Gasteiger partial charge in [-0.1, -0.05) is 52.7 Å². The number of benzene rings is 3. The van der Waals surface area contributed by atoms with Crippen LogP contribution in [-0.4, -0.2) is 50.4 Å². The summed E-state index contributed by atoms with van der Waals surface area (Å²) < 4.78 is 35.3. The Bertz CT molecular complexity index is 1430. The lowest BCUT2D eigenvalue weighted by Crippen LogP contribution is -2.52. The first-order chi connectivity index (χ1) is 19.5. The fraction of sp³-hybridized carbons (Fsp3) is 0.355. The van der Waals surface area contributed by atoms with E-state index in [1.807, 2.05) is 52.0 Å². The van der Waals surface area contributed by atoms with Crippen LogP contribution in [0.15, 0.2) is 82.2 Å². The summed E-state index contributed by atoms with van der Waals surface area (Å²) in [5.74, 6) is -0.236. The van der Waals surface area contributed by atoms with E-state index in [4.69, 9.17) is 4.74 Å². The van der Waals surface area contributed by atoms with Crippen molar-refractivity contribution in [1.82, 2.24) is 10.2 Å². The van der Waals surface area contributed by atoms with E-state index >= 15 is 0 Å². The van der Waals surface area contributed by atoms with E-state index in [-0.39, 0.29) is 23.4 Å². The molecule has 3 rings (SSSR count). The van der Waals surface area contributed by atoms with Gasteiger partial charge in [-0.15, -0.1) is 0 Å². The number of hydrogen-bond donors (Lipinski definition) is 1. The number of carbonyl (C=O) groups is 2. The van der Waals surface area contributed by atoms with Crippen LogP contribution in [0.25, 0.3) is 0 Å². The van der Waals surface area contributed by atoms with Crippen molar-refractivity contribution in [2.24, 2.45) is 0 Å². The zero-order valence-corrected chi connectivity index (χ0v) is 26.5. The van der Waals surface area contributed by atoms with Gasteiger partial charge in [0.05, 0.1) is 17.2 Å². The van der Waals surface area contributed by atoms with Crippen LogP contribution in [0.2, 0.25) is 0 Å². The van der Waals surface area contributed by atoms with Gasteiger partial charge in [-0.25, -0.2) is 8.42 Å². The minimum Gasteiger partial charge on any atom is -0.494 e. The van der Waals surface area contributed by atoms with Gasteiger partial charge < -0.3 is 15.0 Å². The summed E-state index contributed by atoms with van der Waals surface area (Å²) in [5, 5.41) is 2.94. The molecule has 3 aromatic carbocycles. The Morgan fingerprint density at radius 2 is 1.63 bits per heavy atom. The number of aryl methyl sites for hydroxylation is 1. The summed E-state index contributed by atoms with van der Waals surface area (Å²) in [6.07, 6.45) is 0.734. The predicted molar refractivity (Wildman–Crippen MR) is 165 cm³/mol. The average Bonchev–Trinajstić information content (AvgIpc) is 2.95. The lowest BCUT2D eigenvalue weighted by molar-refractivity contribution is -0.139. The Hall–Kier alpha value is -3.37. The van der Waals surface area contributed by atoms with Crippen molar-refractivity contribution in [3.05, 3.63) is 88.4 Å². The molecule has 0 radical (unpaired) electrons. The zero-order valence-electron chi connectivity index (χ0n) is 24.1. The Morgan fingerprint density at radius 1 is 0.976 bits per heavy atom. The van der Waals surface area contributed by atoms with E-state index in [1.54, 1.807) is 43.3 Å². The molecular formula is C31H38BrN3O5S. The third-order valence-corrected chi connectivity index (χ3v) is 9.02. The largest absolute Gasteiger partial charge is 0.494 e. The normalized spacial score (nSPS) is 12.7. The van der Waals surface area contributed by atoms with Crippen molar-refractivity contribution in [3.8, 4) is 5.75 Å². The monoisotopic (exact) mass is 643 g/mol. The second-order valence-electron chi connectivity index (χ2n) is 9.90. The van der Waals surface area contributed by atoms with Gasteiger partial charge in [0.1, 0.15) is 18.3 Å². The smallest absolute Gasteiger partial charge is 0.264 e. The molecule has 0 saturated carbocycles. The highest BCUT2D eigenvalue weighted by Crippen LogP contribution is 2.27. The molecule has 10 heteroatoms. The fourth-order valence-electron chi connectivity index (χ4n) is 4.12. The summed E-state index contributed by atoms with van der Waals surface area (Å²) in [4.78, 5) is 28.7. The maximum atomic E-state index is 14.0. The van der Waals surface area contributed by atoms with Gasteiger partial charge in [0.25, 0.3) is 10.0 Å². The van der Waals surface area contributed by atoms with Crippen molar-refractivity contribution in [2.45, 2.75) is 64.6 Å². The lowest BCUT2D eigenvalue weighted by Gasteiger charge is -2.32. The number of rotatable bonds is 13. The van der Waals surface area contributed by atoms with Gasteiger partial charge in [0.2, 0.25) is 11.8 Å². The minimum atomic E-state index is -4.14. The van der Waals surface area contributed by atoms with Crippen LogP contribution < -0.4 is 14.4 Å². The number of amides is 2. The number of nitrogens with zero attached hydrogens (tertiary/aromatic N) is 2. The van der Waals surface area contributed by atoms with Crippen LogP contribution in [-0.2, 0) is 26.2 Å². The summed E-state index contributed by atoms with van der Waals surface area (Å²) in [6.45, 7) is 9.33. The van der Waals surface area contributed by atoms with Crippen LogP contribution in [0.1, 0.15) is 45.2 Å². The maximum Gasteiger partial charge on any atom is 0.264 e.